The summed E-state index contributed by atoms with van der Waals surface area (Å²) in [5.74, 6) is 1.09. The minimum atomic E-state index is -0.364. The number of fused-ring (bicyclic) bond motifs is 1. The van der Waals surface area contributed by atoms with Gasteiger partial charge in [-0.3, -0.25) is 0 Å². The van der Waals surface area contributed by atoms with Gasteiger partial charge in [0.1, 0.15) is 11.4 Å². The van der Waals surface area contributed by atoms with Gasteiger partial charge in [0.05, 0.1) is 12.6 Å². The number of hydrogen-bond acceptors (Lipinski definition) is 4. The molecule has 0 aliphatic heterocycles. The lowest BCUT2D eigenvalue weighted by molar-refractivity contribution is 0.0601. The van der Waals surface area contributed by atoms with Crippen LogP contribution in [0.15, 0.2) is 36.7 Å². The number of ether oxygens (including phenoxy) is 1. The molecular weight excluding hydrogens is 338 g/mol. The molecule has 140 valence electrons. The second kappa shape index (κ2) is 6.72. The predicted octanol–water partition coefficient (Wildman–Crippen LogP) is 5.10. The number of nitrogens with zero attached hydrogens (tertiary/aromatic N) is 2. The number of benzene rings is 1. The summed E-state index contributed by atoms with van der Waals surface area (Å²) < 4.78 is 7.13. The molecular formula is C22H25N3O2. The zero-order valence-electron chi connectivity index (χ0n) is 16.2. The molecule has 0 unspecified atom stereocenters. The zero-order valence-corrected chi connectivity index (χ0v) is 16.2. The Hall–Kier alpha value is -2.82. The van der Waals surface area contributed by atoms with Gasteiger partial charge in [0.2, 0.25) is 0 Å². The molecule has 5 heteroatoms. The smallest absolute Gasteiger partial charge is 0.341 e. The maximum Gasteiger partial charge on any atom is 0.341 e. The van der Waals surface area contributed by atoms with Gasteiger partial charge in [0.15, 0.2) is 0 Å². The third kappa shape index (κ3) is 3.29. The molecule has 0 radical (unpaired) electrons. The Kier molecular flexibility index (Phi) is 4.38. The lowest BCUT2D eigenvalue weighted by Crippen LogP contribution is -2.08. The van der Waals surface area contributed by atoms with E-state index in [2.05, 4.69) is 60.2 Å². The number of pyridine rings is 1. The van der Waals surface area contributed by atoms with Crippen LogP contribution in [-0.4, -0.2) is 22.6 Å². The van der Waals surface area contributed by atoms with Crippen LogP contribution in [0.2, 0.25) is 0 Å². The molecule has 2 heterocycles. The monoisotopic (exact) mass is 363 g/mol. The third-order valence-electron chi connectivity index (χ3n) is 5.25. The Bertz CT molecular complexity index is 1020. The molecule has 2 aromatic heterocycles. The molecule has 1 saturated carbocycles. The SMILES string of the molecule is COC(=O)c1cc(C2CC2)cnc1Nc1cc(C(C)C)c2c(ccn2C)c1. The highest BCUT2D eigenvalue weighted by atomic mass is 16.5. The summed E-state index contributed by atoms with van der Waals surface area (Å²) >= 11 is 0. The van der Waals surface area contributed by atoms with Crippen molar-refractivity contribution in [3.8, 4) is 0 Å². The quantitative estimate of drug-likeness (QED) is 0.641. The summed E-state index contributed by atoms with van der Waals surface area (Å²) in [5, 5.41) is 4.52. The van der Waals surface area contributed by atoms with Crippen LogP contribution in [0.5, 0.6) is 0 Å². The number of carbonyl (C=O) groups excluding carboxylic acids is 1. The van der Waals surface area contributed by atoms with Gasteiger partial charge in [-0.15, -0.1) is 0 Å². The minimum Gasteiger partial charge on any atom is -0.465 e. The van der Waals surface area contributed by atoms with E-state index in [1.54, 1.807) is 0 Å². The first-order valence-corrected chi connectivity index (χ1v) is 9.42. The van der Waals surface area contributed by atoms with E-state index in [1.165, 1.54) is 23.6 Å². The van der Waals surface area contributed by atoms with Gasteiger partial charge in [0, 0.05) is 30.5 Å². The molecule has 1 fully saturated rings. The van der Waals surface area contributed by atoms with Crippen molar-refractivity contribution in [1.82, 2.24) is 9.55 Å². The fourth-order valence-electron chi connectivity index (χ4n) is 3.62. The van der Waals surface area contributed by atoms with Gasteiger partial charge >= 0.3 is 5.97 Å². The van der Waals surface area contributed by atoms with E-state index in [0.717, 1.165) is 24.1 Å². The summed E-state index contributed by atoms with van der Waals surface area (Å²) in [6.07, 6.45) is 6.27. The van der Waals surface area contributed by atoms with Gasteiger partial charge in [-0.25, -0.2) is 9.78 Å². The number of methoxy groups -OCH3 is 1. The van der Waals surface area contributed by atoms with Crippen molar-refractivity contribution in [3.05, 3.63) is 53.3 Å². The van der Waals surface area contributed by atoms with Crippen LogP contribution in [0.3, 0.4) is 0 Å². The van der Waals surface area contributed by atoms with Crippen LogP contribution >= 0.6 is 0 Å². The van der Waals surface area contributed by atoms with Crippen molar-refractivity contribution >= 4 is 28.4 Å². The fraction of sp³-hybridized carbons (Fsp3) is 0.364. The van der Waals surface area contributed by atoms with E-state index < -0.39 is 0 Å². The average Bonchev–Trinajstić information content (AvgIpc) is 3.44. The van der Waals surface area contributed by atoms with Crippen molar-refractivity contribution in [3.63, 3.8) is 0 Å². The number of anilines is 2. The molecule has 1 N–H and O–H groups in total. The molecule has 0 atom stereocenters. The van der Waals surface area contributed by atoms with Crippen LogP contribution in [0.25, 0.3) is 10.9 Å². The van der Waals surface area contributed by atoms with Crippen LogP contribution in [0.1, 0.15) is 60.0 Å². The van der Waals surface area contributed by atoms with Crippen molar-refractivity contribution < 1.29 is 9.53 Å². The third-order valence-corrected chi connectivity index (χ3v) is 5.25. The van der Waals surface area contributed by atoms with E-state index in [9.17, 15) is 4.79 Å². The molecule has 1 aliphatic rings. The van der Waals surface area contributed by atoms with Gasteiger partial charge in [0.25, 0.3) is 0 Å². The molecule has 5 nitrogen and oxygen atoms in total. The molecule has 1 aliphatic carbocycles. The molecule has 0 bridgehead atoms. The minimum absolute atomic E-state index is 0.364. The Balaban J connectivity index is 1.76. The first-order chi connectivity index (χ1) is 13.0. The van der Waals surface area contributed by atoms with Gasteiger partial charge in [-0.05, 0) is 60.1 Å². The molecule has 4 rings (SSSR count). The van der Waals surface area contributed by atoms with Crippen LogP contribution in [-0.2, 0) is 11.8 Å². The zero-order chi connectivity index (χ0) is 19.1. The van der Waals surface area contributed by atoms with Crippen LogP contribution in [0.4, 0.5) is 11.5 Å². The summed E-state index contributed by atoms with van der Waals surface area (Å²) in [4.78, 5) is 16.9. The highest BCUT2D eigenvalue weighted by molar-refractivity contribution is 5.96. The number of nitrogens with one attached hydrogen (secondary N) is 1. The highest BCUT2D eigenvalue weighted by Crippen LogP contribution is 2.41. The summed E-state index contributed by atoms with van der Waals surface area (Å²) in [6, 6.07) is 8.27. The molecule has 0 amide bonds. The molecule has 1 aromatic carbocycles. The van der Waals surface area contributed by atoms with Crippen LogP contribution in [0, 0.1) is 0 Å². The van der Waals surface area contributed by atoms with Crippen LogP contribution < -0.4 is 5.32 Å². The Morgan fingerprint density at radius 3 is 2.74 bits per heavy atom. The Labute approximate surface area is 159 Å². The fourth-order valence-corrected chi connectivity index (χ4v) is 3.62. The number of esters is 1. The number of carbonyl (C=O) groups is 1. The van der Waals surface area contributed by atoms with Gasteiger partial charge < -0.3 is 14.6 Å². The van der Waals surface area contributed by atoms with E-state index >= 15 is 0 Å². The normalized spacial score (nSPS) is 14.0. The van der Waals surface area contributed by atoms with Crippen molar-refractivity contribution in [2.24, 2.45) is 7.05 Å². The maximum atomic E-state index is 12.3. The topological polar surface area (TPSA) is 56.1 Å². The lowest BCUT2D eigenvalue weighted by Gasteiger charge is -2.15. The van der Waals surface area contributed by atoms with Crippen molar-refractivity contribution in [2.45, 2.75) is 38.5 Å². The van der Waals surface area contributed by atoms with E-state index in [4.69, 9.17) is 4.74 Å². The number of aromatic nitrogens is 2. The number of rotatable bonds is 5. The largest absolute Gasteiger partial charge is 0.465 e. The Morgan fingerprint density at radius 2 is 2.07 bits per heavy atom. The van der Waals surface area contributed by atoms with E-state index in [0.29, 0.717) is 23.2 Å². The second-order valence-corrected chi connectivity index (χ2v) is 7.64. The van der Waals surface area contributed by atoms with Gasteiger partial charge in [-0.2, -0.15) is 0 Å². The summed E-state index contributed by atoms with van der Waals surface area (Å²) in [5.41, 5.74) is 5.02. The molecule has 3 aromatic rings. The summed E-state index contributed by atoms with van der Waals surface area (Å²) in [6.45, 7) is 4.38. The first kappa shape index (κ1) is 17.6. The highest BCUT2D eigenvalue weighted by Gasteiger charge is 2.26. The number of hydrogen-bond donors (Lipinski definition) is 1. The first-order valence-electron chi connectivity index (χ1n) is 9.42. The van der Waals surface area contributed by atoms with E-state index in [1.807, 2.05) is 12.3 Å². The van der Waals surface area contributed by atoms with Gasteiger partial charge in [-0.1, -0.05) is 13.8 Å². The predicted molar refractivity (Wildman–Crippen MR) is 108 cm³/mol. The average molecular weight is 363 g/mol. The second-order valence-electron chi connectivity index (χ2n) is 7.64. The summed E-state index contributed by atoms with van der Waals surface area (Å²) in [7, 11) is 3.47. The molecule has 0 saturated heterocycles. The standard InChI is InChI=1S/C22H25N3O2/c1-13(2)18-11-17(9-15-7-8-25(3)20(15)18)24-21-19(22(26)27-4)10-16(12-23-21)14-5-6-14/h7-14H,5-6H2,1-4H3,(H,23,24). The van der Waals surface area contributed by atoms with E-state index in [-0.39, 0.29) is 5.97 Å². The molecule has 27 heavy (non-hydrogen) atoms. The molecule has 0 spiro atoms. The maximum absolute atomic E-state index is 12.3. The van der Waals surface area contributed by atoms with Crippen molar-refractivity contribution in [2.75, 3.05) is 12.4 Å². The lowest BCUT2D eigenvalue weighted by atomic mass is 9.99. The van der Waals surface area contributed by atoms with Crippen molar-refractivity contribution in [1.29, 1.82) is 0 Å². The Morgan fingerprint density at radius 1 is 1.30 bits per heavy atom. The number of aryl methyl sites for hydroxylation is 1.